The third kappa shape index (κ3) is 8.06. The Morgan fingerprint density at radius 3 is 2.41 bits per heavy atom. The summed E-state index contributed by atoms with van der Waals surface area (Å²) in [7, 11) is 1.65. The molecule has 3 N–H and O–H groups in total. The molecule has 0 fully saturated rings. The Hall–Kier alpha value is -1.79. The zero-order valence-corrected chi connectivity index (χ0v) is 10.2. The van der Waals surface area contributed by atoms with E-state index in [0.717, 1.165) is 0 Å². The molecule has 0 aliphatic heterocycles. The highest BCUT2D eigenvalue weighted by Gasteiger charge is 2.08. The van der Waals surface area contributed by atoms with E-state index < -0.39 is 12.0 Å². The van der Waals surface area contributed by atoms with Gasteiger partial charge in [-0.3, -0.25) is 9.59 Å². The number of carboxylic acids is 1. The topological polar surface area (TPSA) is 98.7 Å². The van der Waals surface area contributed by atoms with Crippen molar-refractivity contribution < 1.29 is 19.5 Å². The summed E-state index contributed by atoms with van der Waals surface area (Å²) in [5, 5.41) is 13.2. The summed E-state index contributed by atoms with van der Waals surface area (Å²) in [5.74, 6) is -1.07. The van der Waals surface area contributed by atoms with Gasteiger partial charge in [0.25, 0.3) is 0 Å². The first kappa shape index (κ1) is 15.2. The van der Waals surface area contributed by atoms with Gasteiger partial charge in [-0.05, 0) is 13.3 Å². The van der Waals surface area contributed by atoms with Crippen molar-refractivity contribution in [3.05, 3.63) is 0 Å². The number of carbonyl (C=O) groups is 3. The summed E-state index contributed by atoms with van der Waals surface area (Å²) in [6, 6.07) is -0.465. The normalized spacial score (nSPS) is 9.53. The van der Waals surface area contributed by atoms with Gasteiger partial charge in [0.05, 0.1) is 6.54 Å². The third-order valence-electron chi connectivity index (χ3n) is 2.15. The van der Waals surface area contributed by atoms with Crippen LogP contribution in [0.2, 0.25) is 0 Å². The number of likely N-dealkylation sites (N-methyl/N-ethyl adjacent to an activating group) is 1. The molecule has 0 saturated heterocycles. The number of carboxylic acid groups (broad SMARTS) is 1. The summed E-state index contributed by atoms with van der Waals surface area (Å²) in [6.07, 6.45) is 0.378. The maximum absolute atomic E-state index is 11.3. The fourth-order valence-corrected chi connectivity index (χ4v) is 0.971. The SMILES string of the molecule is CCN(C)C(=O)CNC(=O)NCCCC(=O)O. The zero-order chi connectivity index (χ0) is 13.3. The van der Waals surface area contributed by atoms with Crippen molar-refractivity contribution in [3.8, 4) is 0 Å². The average Bonchev–Trinajstić information content (AvgIpc) is 2.30. The summed E-state index contributed by atoms with van der Waals surface area (Å²) < 4.78 is 0. The van der Waals surface area contributed by atoms with Crippen LogP contribution in [0.3, 0.4) is 0 Å². The third-order valence-corrected chi connectivity index (χ3v) is 2.15. The Morgan fingerprint density at radius 2 is 1.88 bits per heavy atom. The lowest BCUT2D eigenvalue weighted by Crippen LogP contribution is -2.42. The highest BCUT2D eigenvalue weighted by molar-refractivity contribution is 5.83. The molecule has 0 aromatic heterocycles. The lowest BCUT2D eigenvalue weighted by molar-refractivity contribution is -0.137. The fraction of sp³-hybridized carbons (Fsp3) is 0.700. The quantitative estimate of drug-likeness (QED) is 0.533. The molecule has 3 amide bonds. The molecule has 0 atom stereocenters. The second-order valence-electron chi connectivity index (χ2n) is 3.51. The highest BCUT2D eigenvalue weighted by Crippen LogP contribution is 1.86. The van der Waals surface area contributed by atoms with Crippen LogP contribution >= 0.6 is 0 Å². The Labute approximate surface area is 100 Å². The van der Waals surface area contributed by atoms with Gasteiger partial charge in [-0.15, -0.1) is 0 Å². The number of amides is 3. The summed E-state index contributed by atoms with van der Waals surface area (Å²) in [4.78, 5) is 34.1. The van der Waals surface area contributed by atoms with Gasteiger partial charge in [0.15, 0.2) is 0 Å². The monoisotopic (exact) mass is 245 g/mol. The van der Waals surface area contributed by atoms with E-state index in [1.807, 2.05) is 6.92 Å². The first-order chi connectivity index (χ1) is 7.97. The second kappa shape index (κ2) is 8.37. The molecule has 0 aliphatic rings. The van der Waals surface area contributed by atoms with Crippen molar-refractivity contribution in [1.82, 2.24) is 15.5 Å². The van der Waals surface area contributed by atoms with Crippen LogP contribution in [-0.2, 0) is 9.59 Å². The molecule has 0 unspecified atom stereocenters. The minimum absolute atomic E-state index is 0.0117. The van der Waals surface area contributed by atoms with Crippen LogP contribution < -0.4 is 10.6 Å². The number of urea groups is 1. The van der Waals surface area contributed by atoms with E-state index in [2.05, 4.69) is 10.6 Å². The van der Waals surface area contributed by atoms with Crippen molar-refractivity contribution in [1.29, 1.82) is 0 Å². The lowest BCUT2D eigenvalue weighted by atomic mass is 10.3. The maximum atomic E-state index is 11.3. The van der Waals surface area contributed by atoms with Crippen LogP contribution in [-0.4, -0.2) is 54.6 Å². The Balaban J connectivity index is 3.59. The van der Waals surface area contributed by atoms with Gasteiger partial charge < -0.3 is 20.6 Å². The molecule has 0 aromatic carbocycles. The smallest absolute Gasteiger partial charge is 0.315 e. The Bertz CT molecular complexity index is 281. The number of aliphatic carboxylic acids is 1. The lowest BCUT2D eigenvalue weighted by Gasteiger charge is -2.14. The second-order valence-corrected chi connectivity index (χ2v) is 3.51. The number of rotatable bonds is 7. The van der Waals surface area contributed by atoms with Crippen LogP contribution in [0.1, 0.15) is 19.8 Å². The van der Waals surface area contributed by atoms with Crippen LogP contribution in [0, 0.1) is 0 Å². The minimum atomic E-state index is -0.896. The molecule has 0 spiro atoms. The van der Waals surface area contributed by atoms with Crippen molar-refractivity contribution in [2.24, 2.45) is 0 Å². The minimum Gasteiger partial charge on any atom is -0.481 e. The zero-order valence-electron chi connectivity index (χ0n) is 10.2. The average molecular weight is 245 g/mol. The summed E-state index contributed by atoms with van der Waals surface area (Å²) in [5.41, 5.74) is 0. The van der Waals surface area contributed by atoms with E-state index in [9.17, 15) is 14.4 Å². The molecule has 0 aromatic rings. The van der Waals surface area contributed by atoms with Gasteiger partial charge in [-0.25, -0.2) is 4.79 Å². The van der Waals surface area contributed by atoms with Gasteiger partial charge in [-0.2, -0.15) is 0 Å². The molecule has 0 aliphatic carbocycles. The number of carbonyl (C=O) groups excluding carboxylic acids is 2. The number of nitrogens with one attached hydrogen (secondary N) is 2. The standard InChI is InChI=1S/C10H19N3O4/c1-3-13(2)8(14)7-12-10(17)11-6-4-5-9(15)16/h3-7H2,1-2H3,(H,15,16)(H2,11,12,17). The van der Waals surface area contributed by atoms with Gasteiger partial charge in [-0.1, -0.05) is 0 Å². The van der Waals surface area contributed by atoms with Crippen molar-refractivity contribution >= 4 is 17.9 Å². The Kier molecular flexibility index (Phi) is 7.49. The molecule has 98 valence electrons. The number of hydrogen-bond acceptors (Lipinski definition) is 3. The van der Waals surface area contributed by atoms with Gasteiger partial charge in [0.1, 0.15) is 0 Å². The molecular formula is C10H19N3O4. The molecule has 17 heavy (non-hydrogen) atoms. The van der Waals surface area contributed by atoms with E-state index in [0.29, 0.717) is 13.0 Å². The van der Waals surface area contributed by atoms with Crippen LogP contribution in [0.4, 0.5) is 4.79 Å². The molecule has 0 radical (unpaired) electrons. The predicted octanol–water partition coefficient (Wildman–Crippen LogP) is -0.371. The molecule has 0 rings (SSSR count). The molecule has 0 saturated carbocycles. The van der Waals surface area contributed by atoms with Crippen molar-refractivity contribution in [2.75, 3.05) is 26.7 Å². The molecular weight excluding hydrogens is 226 g/mol. The predicted molar refractivity (Wildman–Crippen MR) is 61.6 cm³/mol. The van der Waals surface area contributed by atoms with Crippen LogP contribution in [0.15, 0.2) is 0 Å². The highest BCUT2D eigenvalue weighted by atomic mass is 16.4. The Morgan fingerprint density at radius 1 is 1.24 bits per heavy atom. The van der Waals surface area contributed by atoms with E-state index in [4.69, 9.17) is 5.11 Å². The maximum Gasteiger partial charge on any atom is 0.315 e. The van der Waals surface area contributed by atoms with Gasteiger partial charge in [0, 0.05) is 26.6 Å². The molecule has 7 heteroatoms. The number of nitrogens with zero attached hydrogens (tertiary/aromatic N) is 1. The molecule has 0 heterocycles. The number of hydrogen-bond donors (Lipinski definition) is 3. The molecule has 0 bridgehead atoms. The fourth-order valence-electron chi connectivity index (χ4n) is 0.971. The van der Waals surface area contributed by atoms with E-state index in [1.165, 1.54) is 4.90 Å². The summed E-state index contributed by atoms with van der Waals surface area (Å²) in [6.45, 7) is 2.63. The largest absolute Gasteiger partial charge is 0.481 e. The van der Waals surface area contributed by atoms with Gasteiger partial charge in [0.2, 0.25) is 5.91 Å². The van der Waals surface area contributed by atoms with Gasteiger partial charge >= 0.3 is 12.0 Å². The van der Waals surface area contributed by atoms with Crippen LogP contribution in [0.25, 0.3) is 0 Å². The van der Waals surface area contributed by atoms with E-state index >= 15 is 0 Å². The summed E-state index contributed by atoms with van der Waals surface area (Å²) >= 11 is 0. The van der Waals surface area contributed by atoms with E-state index in [1.54, 1.807) is 7.05 Å². The molecule has 7 nitrogen and oxygen atoms in total. The first-order valence-corrected chi connectivity index (χ1v) is 5.44. The van der Waals surface area contributed by atoms with Crippen molar-refractivity contribution in [3.63, 3.8) is 0 Å². The van der Waals surface area contributed by atoms with Crippen LogP contribution in [0.5, 0.6) is 0 Å². The van der Waals surface area contributed by atoms with E-state index in [-0.39, 0.29) is 25.4 Å². The first-order valence-electron chi connectivity index (χ1n) is 5.44. The van der Waals surface area contributed by atoms with Crippen molar-refractivity contribution in [2.45, 2.75) is 19.8 Å².